The Labute approximate surface area is 134 Å². The van der Waals surface area contributed by atoms with Crippen LogP contribution in [0.25, 0.3) is 0 Å². The Balaban J connectivity index is 2.60. The molecule has 1 rings (SSSR count). The molecule has 2 atom stereocenters. The Morgan fingerprint density at radius 1 is 1.27 bits per heavy atom. The lowest BCUT2D eigenvalue weighted by Gasteiger charge is -2.39. The highest BCUT2D eigenvalue weighted by Crippen LogP contribution is 2.23. The third kappa shape index (κ3) is 6.34. The van der Waals surface area contributed by atoms with Gasteiger partial charge < -0.3 is 15.0 Å². The van der Waals surface area contributed by atoms with Crippen molar-refractivity contribution in [3.63, 3.8) is 0 Å². The maximum absolute atomic E-state index is 12.2. The fourth-order valence-electron chi connectivity index (χ4n) is 2.96. The number of nitrogens with one attached hydrogen (secondary N) is 1. The monoisotopic (exact) mass is 312 g/mol. The van der Waals surface area contributed by atoms with Crippen LogP contribution in [0, 0.1) is 11.3 Å². The van der Waals surface area contributed by atoms with Gasteiger partial charge in [0.1, 0.15) is 0 Å². The van der Waals surface area contributed by atoms with Crippen LogP contribution in [0.2, 0.25) is 0 Å². The van der Waals surface area contributed by atoms with Gasteiger partial charge >= 0.3 is 5.97 Å². The number of esters is 1. The minimum atomic E-state index is -0.367. The van der Waals surface area contributed by atoms with Gasteiger partial charge in [-0.25, -0.2) is 0 Å². The third-order valence-electron chi connectivity index (χ3n) is 4.19. The van der Waals surface area contributed by atoms with E-state index in [1.54, 1.807) is 0 Å². The van der Waals surface area contributed by atoms with Gasteiger partial charge in [0.05, 0.1) is 13.5 Å². The van der Waals surface area contributed by atoms with E-state index in [1.807, 2.05) is 20.8 Å². The summed E-state index contributed by atoms with van der Waals surface area (Å²) in [5.74, 6) is 0.511. The van der Waals surface area contributed by atoms with Crippen LogP contribution in [0.4, 0.5) is 0 Å². The second kappa shape index (κ2) is 8.51. The highest BCUT2D eigenvalue weighted by molar-refractivity contribution is 5.81. The average molecular weight is 312 g/mol. The zero-order chi connectivity index (χ0) is 16.8. The number of rotatable bonds is 6. The van der Waals surface area contributed by atoms with E-state index in [0.717, 1.165) is 32.4 Å². The quantitative estimate of drug-likeness (QED) is 0.764. The van der Waals surface area contributed by atoms with Crippen molar-refractivity contribution in [3.05, 3.63) is 0 Å². The molecule has 0 aromatic carbocycles. The normalized spacial score (nSPS) is 23.1. The summed E-state index contributed by atoms with van der Waals surface area (Å²) < 4.78 is 4.72. The SMILES string of the molecule is CCCC1CC(NC(=O)C(C)(C)C)CN(CCC(=O)OC)C1. The molecule has 1 aliphatic rings. The summed E-state index contributed by atoms with van der Waals surface area (Å²) in [6.45, 7) is 10.5. The van der Waals surface area contributed by atoms with Gasteiger partial charge in [-0.15, -0.1) is 0 Å². The Kier molecular flexibility index (Phi) is 7.33. The van der Waals surface area contributed by atoms with Gasteiger partial charge in [0.15, 0.2) is 0 Å². The number of carbonyl (C=O) groups excluding carboxylic acids is 2. The van der Waals surface area contributed by atoms with Crippen molar-refractivity contribution in [2.24, 2.45) is 11.3 Å². The standard InChI is InChI=1S/C17H32N2O3/c1-6-7-13-10-14(18-16(21)17(2,3)4)12-19(11-13)9-8-15(20)22-5/h13-14H,6-12H2,1-5H3,(H,18,21). The van der Waals surface area contributed by atoms with Crippen molar-refractivity contribution in [2.75, 3.05) is 26.7 Å². The maximum Gasteiger partial charge on any atom is 0.306 e. The second-order valence-electron chi connectivity index (χ2n) is 7.40. The van der Waals surface area contributed by atoms with Crippen molar-refractivity contribution in [1.82, 2.24) is 10.2 Å². The molecule has 0 aliphatic carbocycles. The van der Waals surface area contributed by atoms with E-state index in [4.69, 9.17) is 4.74 Å². The minimum absolute atomic E-state index is 0.0996. The second-order valence-corrected chi connectivity index (χ2v) is 7.40. The molecule has 1 saturated heterocycles. The Morgan fingerprint density at radius 2 is 1.95 bits per heavy atom. The van der Waals surface area contributed by atoms with Crippen LogP contribution >= 0.6 is 0 Å². The lowest BCUT2D eigenvalue weighted by Crippen LogP contribution is -2.53. The highest BCUT2D eigenvalue weighted by Gasteiger charge is 2.30. The summed E-state index contributed by atoms with van der Waals surface area (Å²) in [6.07, 6.45) is 3.76. The molecule has 0 aromatic rings. The van der Waals surface area contributed by atoms with Gasteiger partial charge in [-0.2, -0.15) is 0 Å². The lowest BCUT2D eigenvalue weighted by atomic mass is 9.89. The van der Waals surface area contributed by atoms with Crippen LogP contribution < -0.4 is 5.32 Å². The zero-order valence-electron chi connectivity index (χ0n) is 14.8. The van der Waals surface area contributed by atoms with Gasteiger partial charge in [0.2, 0.25) is 5.91 Å². The van der Waals surface area contributed by atoms with E-state index in [2.05, 4.69) is 17.1 Å². The number of piperidine rings is 1. The predicted molar refractivity (Wildman–Crippen MR) is 87.5 cm³/mol. The number of nitrogens with zero attached hydrogens (tertiary/aromatic N) is 1. The van der Waals surface area contributed by atoms with Gasteiger partial charge in [0, 0.05) is 31.1 Å². The van der Waals surface area contributed by atoms with Crippen molar-refractivity contribution < 1.29 is 14.3 Å². The minimum Gasteiger partial charge on any atom is -0.469 e. The molecule has 0 radical (unpaired) electrons. The van der Waals surface area contributed by atoms with Crippen molar-refractivity contribution in [1.29, 1.82) is 0 Å². The molecule has 1 fully saturated rings. The first-order chi connectivity index (χ1) is 10.3. The van der Waals surface area contributed by atoms with E-state index in [1.165, 1.54) is 7.11 Å². The maximum atomic E-state index is 12.2. The average Bonchev–Trinajstić information content (AvgIpc) is 2.44. The molecule has 1 amide bonds. The molecule has 0 spiro atoms. The summed E-state index contributed by atoms with van der Waals surface area (Å²) in [6, 6.07) is 0.176. The smallest absolute Gasteiger partial charge is 0.306 e. The molecule has 0 bridgehead atoms. The van der Waals surface area contributed by atoms with Crippen LogP contribution in [-0.2, 0) is 14.3 Å². The molecule has 1 N–H and O–H groups in total. The molecule has 128 valence electrons. The van der Waals surface area contributed by atoms with Crippen LogP contribution in [0.1, 0.15) is 53.4 Å². The van der Waals surface area contributed by atoms with Crippen LogP contribution in [0.5, 0.6) is 0 Å². The Hall–Kier alpha value is -1.10. The number of hydrogen-bond acceptors (Lipinski definition) is 4. The summed E-state index contributed by atoms with van der Waals surface area (Å²) in [5.41, 5.74) is -0.367. The molecule has 2 unspecified atom stereocenters. The fourth-order valence-corrected chi connectivity index (χ4v) is 2.96. The largest absolute Gasteiger partial charge is 0.469 e. The molecular weight excluding hydrogens is 280 g/mol. The van der Waals surface area contributed by atoms with Gasteiger partial charge in [-0.3, -0.25) is 9.59 Å². The number of ether oxygens (including phenoxy) is 1. The number of amides is 1. The van der Waals surface area contributed by atoms with Crippen LogP contribution in [0.3, 0.4) is 0 Å². The number of hydrogen-bond donors (Lipinski definition) is 1. The van der Waals surface area contributed by atoms with E-state index in [0.29, 0.717) is 18.9 Å². The topological polar surface area (TPSA) is 58.6 Å². The van der Waals surface area contributed by atoms with Gasteiger partial charge in [0.25, 0.3) is 0 Å². The fraction of sp³-hybridized carbons (Fsp3) is 0.882. The molecule has 5 heteroatoms. The molecule has 0 saturated carbocycles. The summed E-state index contributed by atoms with van der Waals surface area (Å²) in [7, 11) is 1.42. The van der Waals surface area contributed by atoms with Gasteiger partial charge in [-0.1, -0.05) is 34.1 Å². The van der Waals surface area contributed by atoms with E-state index < -0.39 is 0 Å². The highest BCUT2D eigenvalue weighted by atomic mass is 16.5. The summed E-state index contributed by atoms with van der Waals surface area (Å²) >= 11 is 0. The third-order valence-corrected chi connectivity index (χ3v) is 4.19. The zero-order valence-corrected chi connectivity index (χ0v) is 14.8. The molecular formula is C17H32N2O3. The Morgan fingerprint density at radius 3 is 2.50 bits per heavy atom. The molecule has 22 heavy (non-hydrogen) atoms. The van der Waals surface area contributed by atoms with E-state index in [9.17, 15) is 9.59 Å². The summed E-state index contributed by atoms with van der Waals surface area (Å²) in [5, 5.41) is 3.18. The van der Waals surface area contributed by atoms with Gasteiger partial charge in [-0.05, 0) is 18.8 Å². The predicted octanol–water partition coefficient (Wildman–Crippen LogP) is 2.20. The number of likely N-dealkylation sites (tertiary alicyclic amines) is 1. The van der Waals surface area contributed by atoms with Crippen molar-refractivity contribution >= 4 is 11.9 Å². The van der Waals surface area contributed by atoms with Crippen LogP contribution in [0.15, 0.2) is 0 Å². The number of carbonyl (C=O) groups is 2. The number of methoxy groups -OCH3 is 1. The molecule has 5 nitrogen and oxygen atoms in total. The molecule has 1 heterocycles. The van der Waals surface area contributed by atoms with Crippen molar-refractivity contribution in [3.8, 4) is 0 Å². The van der Waals surface area contributed by atoms with Crippen molar-refractivity contribution in [2.45, 2.75) is 59.4 Å². The first kappa shape index (κ1) is 18.9. The van der Waals surface area contributed by atoms with Crippen LogP contribution in [-0.4, -0.2) is 49.6 Å². The lowest BCUT2D eigenvalue weighted by molar-refractivity contribution is -0.141. The first-order valence-corrected chi connectivity index (χ1v) is 8.36. The van der Waals surface area contributed by atoms with E-state index >= 15 is 0 Å². The molecule has 0 aromatic heterocycles. The van der Waals surface area contributed by atoms with E-state index in [-0.39, 0.29) is 23.3 Å². The summed E-state index contributed by atoms with van der Waals surface area (Å²) in [4.78, 5) is 25.8. The first-order valence-electron chi connectivity index (χ1n) is 8.36. The molecule has 1 aliphatic heterocycles. The Bertz CT molecular complexity index is 377.